The molecule has 0 saturated heterocycles. The molecule has 0 aliphatic carbocycles. The Hall–Kier alpha value is -3.17. The molecule has 0 saturated carbocycles. The molecule has 0 atom stereocenters. The molecule has 0 fully saturated rings. The molecule has 0 amide bonds. The Morgan fingerprint density at radius 1 is 1.03 bits per heavy atom. The summed E-state index contributed by atoms with van der Waals surface area (Å²) in [6.07, 6.45) is 0. The molecule has 0 bridgehead atoms. The minimum Gasteiger partial charge on any atom is -0.368 e. The van der Waals surface area contributed by atoms with E-state index in [1.807, 2.05) is 55.1 Å². The van der Waals surface area contributed by atoms with Gasteiger partial charge in [-0.15, -0.1) is 10.2 Å². The number of anilines is 2. The third-order valence-electron chi connectivity index (χ3n) is 4.41. The van der Waals surface area contributed by atoms with Crippen LogP contribution in [0.2, 0.25) is 5.02 Å². The molecule has 158 valence electrons. The molecular formula is C21H21ClN8S. The van der Waals surface area contributed by atoms with Crippen LogP contribution in [0.15, 0.2) is 53.7 Å². The van der Waals surface area contributed by atoms with E-state index in [1.54, 1.807) is 4.90 Å². The summed E-state index contributed by atoms with van der Waals surface area (Å²) in [6, 6.07) is 15.7. The molecule has 0 unspecified atom stereocenters. The van der Waals surface area contributed by atoms with Crippen LogP contribution < -0.4 is 10.6 Å². The molecule has 0 radical (unpaired) electrons. The number of nitrogen functional groups attached to an aromatic ring is 1. The Balaban J connectivity index is 1.72. The van der Waals surface area contributed by atoms with E-state index in [1.165, 1.54) is 11.8 Å². The van der Waals surface area contributed by atoms with Crippen LogP contribution in [-0.4, -0.2) is 43.8 Å². The minimum absolute atomic E-state index is 0.191. The topological polar surface area (TPSA) is 98.6 Å². The van der Waals surface area contributed by atoms with Crippen molar-refractivity contribution in [2.45, 2.75) is 17.8 Å². The van der Waals surface area contributed by atoms with E-state index in [0.717, 1.165) is 27.8 Å². The Morgan fingerprint density at radius 2 is 1.81 bits per heavy atom. The maximum Gasteiger partial charge on any atom is 0.229 e. The standard InChI is InChI=1S/C21H21ClN8S/c1-13-5-4-6-16(11-13)30-18(14-7-9-15(22)10-8-14)27-28-21(30)31-12-17-24-19(23)26-20(25-17)29(2)3/h4-11H,12H2,1-3H3,(H2,23,24,25,26). The van der Waals surface area contributed by atoms with Gasteiger partial charge in [-0.05, 0) is 48.9 Å². The van der Waals surface area contributed by atoms with Crippen molar-refractivity contribution in [1.29, 1.82) is 0 Å². The first-order valence-corrected chi connectivity index (χ1v) is 10.9. The second kappa shape index (κ2) is 8.91. The van der Waals surface area contributed by atoms with E-state index in [0.29, 0.717) is 22.5 Å². The molecule has 0 aliphatic heterocycles. The zero-order valence-electron chi connectivity index (χ0n) is 17.3. The highest BCUT2D eigenvalue weighted by molar-refractivity contribution is 7.98. The van der Waals surface area contributed by atoms with E-state index in [2.05, 4.69) is 44.2 Å². The molecule has 31 heavy (non-hydrogen) atoms. The second-order valence-corrected chi connectivity index (χ2v) is 8.46. The van der Waals surface area contributed by atoms with Gasteiger partial charge in [0.25, 0.3) is 0 Å². The van der Waals surface area contributed by atoms with Crippen LogP contribution in [0.4, 0.5) is 11.9 Å². The zero-order chi connectivity index (χ0) is 22.0. The van der Waals surface area contributed by atoms with E-state index < -0.39 is 0 Å². The fraction of sp³-hybridized carbons (Fsp3) is 0.190. The number of hydrogen-bond acceptors (Lipinski definition) is 8. The zero-order valence-corrected chi connectivity index (χ0v) is 18.9. The highest BCUT2D eigenvalue weighted by Gasteiger charge is 2.17. The van der Waals surface area contributed by atoms with Crippen molar-refractivity contribution in [3.05, 3.63) is 64.9 Å². The lowest BCUT2D eigenvalue weighted by Crippen LogP contribution is -2.16. The fourth-order valence-corrected chi connectivity index (χ4v) is 3.90. The van der Waals surface area contributed by atoms with Crippen LogP contribution in [0, 0.1) is 6.92 Å². The van der Waals surface area contributed by atoms with Crippen molar-refractivity contribution in [3.8, 4) is 17.1 Å². The molecule has 4 aromatic rings. The number of nitrogens with zero attached hydrogens (tertiary/aromatic N) is 7. The van der Waals surface area contributed by atoms with E-state index in [9.17, 15) is 0 Å². The van der Waals surface area contributed by atoms with Crippen LogP contribution in [0.5, 0.6) is 0 Å². The highest BCUT2D eigenvalue weighted by atomic mass is 35.5. The summed E-state index contributed by atoms with van der Waals surface area (Å²) in [5.41, 5.74) is 8.89. The van der Waals surface area contributed by atoms with Gasteiger partial charge in [0.05, 0.1) is 5.75 Å². The molecule has 2 heterocycles. The number of nitrogens with two attached hydrogens (primary N) is 1. The number of benzene rings is 2. The van der Waals surface area contributed by atoms with Crippen molar-refractivity contribution < 1.29 is 0 Å². The predicted molar refractivity (Wildman–Crippen MR) is 125 cm³/mol. The van der Waals surface area contributed by atoms with Gasteiger partial charge >= 0.3 is 0 Å². The maximum absolute atomic E-state index is 6.07. The van der Waals surface area contributed by atoms with Crippen LogP contribution in [0.1, 0.15) is 11.4 Å². The number of aryl methyl sites for hydroxylation is 1. The summed E-state index contributed by atoms with van der Waals surface area (Å²) >= 11 is 7.55. The molecule has 2 aromatic carbocycles. The van der Waals surface area contributed by atoms with E-state index >= 15 is 0 Å². The maximum atomic E-state index is 6.07. The van der Waals surface area contributed by atoms with Gasteiger partial charge in [-0.2, -0.15) is 15.0 Å². The molecule has 4 rings (SSSR count). The van der Waals surface area contributed by atoms with Gasteiger partial charge in [0.15, 0.2) is 11.0 Å². The van der Waals surface area contributed by atoms with Gasteiger partial charge in [-0.1, -0.05) is 35.5 Å². The fourth-order valence-electron chi connectivity index (χ4n) is 2.97. The lowest BCUT2D eigenvalue weighted by Gasteiger charge is -2.12. The van der Waals surface area contributed by atoms with E-state index in [-0.39, 0.29) is 5.95 Å². The van der Waals surface area contributed by atoms with Gasteiger partial charge in [0, 0.05) is 30.4 Å². The summed E-state index contributed by atoms with van der Waals surface area (Å²) in [5.74, 6) is 2.49. The lowest BCUT2D eigenvalue weighted by molar-refractivity contribution is 0.878. The summed E-state index contributed by atoms with van der Waals surface area (Å²) < 4.78 is 2.03. The molecule has 2 N–H and O–H groups in total. The average molecular weight is 453 g/mol. The SMILES string of the molecule is Cc1cccc(-n2c(SCc3nc(N)nc(N(C)C)n3)nnc2-c2ccc(Cl)cc2)c1. The number of halogens is 1. The minimum atomic E-state index is 0.191. The Labute approximate surface area is 189 Å². The average Bonchev–Trinajstić information content (AvgIpc) is 3.16. The number of rotatable bonds is 6. The monoisotopic (exact) mass is 452 g/mol. The predicted octanol–water partition coefficient (Wildman–Crippen LogP) is 4.02. The van der Waals surface area contributed by atoms with Crippen LogP contribution >= 0.6 is 23.4 Å². The van der Waals surface area contributed by atoms with Crippen LogP contribution in [-0.2, 0) is 5.75 Å². The van der Waals surface area contributed by atoms with Crippen molar-refractivity contribution in [2.75, 3.05) is 24.7 Å². The number of hydrogen-bond donors (Lipinski definition) is 1. The highest BCUT2D eigenvalue weighted by Crippen LogP contribution is 2.30. The van der Waals surface area contributed by atoms with E-state index in [4.69, 9.17) is 17.3 Å². The van der Waals surface area contributed by atoms with Gasteiger partial charge in [-0.25, -0.2) is 0 Å². The first-order chi connectivity index (χ1) is 14.9. The quantitative estimate of drug-likeness (QED) is 0.438. The van der Waals surface area contributed by atoms with Gasteiger partial charge < -0.3 is 10.6 Å². The molecule has 2 aromatic heterocycles. The first kappa shape index (κ1) is 21.1. The molecule has 10 heteroatoms. The van der Waals surface area contributed by atoms with Crippen LogP contribution in [0.3, 0.4) is 0 Å². The third-order valence-corrected chi connectivity index (χ3v) is 5.59. The van der Waals surface area contributed by atoms with Gasteiger partial charge in [-0.3, -0.25) is 4.57 Å². The second-order valence-electron chi connectivity index (χ2n) is 7.08. The first-order valence-electron chi connectivity index (χ1n) is 9.49. The van der Waals surface area contributed by atoms with Crippen molar-refractivity contribution in [2.24, 2.45) is 0 Å². The smallest absolute Gasteiger partial charge is 0.229 e. The van der Waals surface area contributed by atoms with Crippen molar-refractivity contribution in [3.63, 3.8) is 0 Å². The Morgan fingerprint density at radius 3 is 2.52 bits per heavy atom. The van der Waals surface area contributed by atoms with Gasteiger partial charge in [0.1, 0.15) is 5.82 Å². The molecular weight excluding hydrogens is 432 g/mol. The Kier molecular flexibility index (Phi) is 6.06. The third kappa shape index (κ3) is 4.78. The summed E-state index contributed by atoms with van der Waals surface area (Å²) in [7, 11) is 3.72. The summed E-state index contributed by atoms with van der Waals surface area (Å²) in [4.78, 5) is 14.7. The molecule has 0 spiro atoms. The Bertz CT molecular complexity index is 1210. The summed E-state index contributed by atoms with van der Waals surface area (Å²) in [6.45, 7) is 2.05. The molecule has 0 aliphatic rings. The summed E-state index contributed by atoms with van der Waals surface area (Å²) in [5, 5.41) is 10.3. The largest absolute Gasteiger partial charge is 0.368 e. The number of aromatic nitrogens is 6. The molecule has 8 nitrogen and oxygen atoms in total. The lowest BCUT2D eigenvalue weighted by atomic mass is 10.2. The van der Waals surface area contributed by atoms with Crippen molar-refractivity contribution in [1.82, 2.24) is 29.7 Å². The van der Waals surface area contributed by atoms with Crippen molar-refractivity contribution >= 4 is 35.3 Å². The van der Waals surface area contributed by atoms with Crippen LogP contribution in [0.25, 0.3) is 17.1 Å². The number of thioether (sulfide) groups is 1. The van der Waals surface area contributed by atoms with Gasteiger partial charge in [0.2, 0.25) is 11.9 Å². The normalized spacial score (nSPS) is 11.0.